The number of rotatable bonds is 1. The lowest BCUT2D eigenvalue weighted by Crippen LogP contribution is -2.31. The Balaban J connectivity index is 0.00000120. The van der Waals surface area contributed by atoms with Crippen LogP contribution in [0.5, 0.6) is 0 Å². The highest BCUT2D eigenvalue weighted by Gasteiger charge is 2.25. The zero-order valence-electron chi connectivity index (χ0n) is 9.83. The summed E-state index contributed by atoms with van der Waals surface area (Å²) in [5.74, 6) is 0.121. The molecule has 18 heavy (non-hydrogen) atoms. The summed E-state index contributed by atoms with van der Waals surface area (Å²) in [5.41, 5.74) is 6.66. The van der Waals surface area contributed by atoms with Crippen molar-refractivity contribution in [3.05, 3.63) is 35.2 Å². The zero-order valence-corrected chi connectivity index (χ0v) is 11.5. The Bertz CT molecular complexity index is 569. The molecule has 0 saturated carbocycles. The molecule has 1 aliphatic rings. The minimum absolute atomic E-state index is 0. The van der Waals surface area contributed by atoms with Crippen molar-refractivity contribution >= 4 is 39.7 Å². The van der Waals surface area contributed by atoms with E-state index in [0.29, 0.717) is 6.54 Å². The number of carbonyl (C=O) groups excluding carboxylic acids is 1. The van der Waals surface area contributed by atoms with Gasteiger partial charge in [-0.05, 0) is 12.5 Å². The van der Waals surface area contributed by atoms with Gasteiger partial charge < -0.3 is 10.6 Å². The average Bonchev–Trinajstić information content (AvgIpc) is 2.94. The Labute approximate surface area is 116 Å². The van der Waals surface area contributed by atoms with E-state index in [2.05, 4.69) is 0 Å². The van der Waals surface area contributed by atoms with Gasteiger partial charge in [0.15, 0.2) is 0 Å². The van der Waals surface area contributed by atoms with E-state index >= 15 is 0 Å². The van der Waals surface area contributed by atoms with Crippen LogP contribution >= 0.6 is 23.7 Å². The number of hydrogen-bond donors (Lipinski definition) is 1. The van der Waals surface area contributed by atoms with E-state index in [0.717, 1.165) is 23.9 Å². The van der Waals surface area contributed by atoms with Crippen LogP contribution < -0.4 is 5.73 Å². The molecule has 3 rings (SSSR count). The maximum atomic E-state index is 12.3. The summed E-state index contributed by atoms with van der Waals surface area (Å²) in [5, 5.41) is 3.01. The summed E-state index contributed by atoms with van der Waals surface area (Å²) >= 11 is 1.62. The summed E-state index contributed by atoms with van der Waals surface area (Å²) < 4.78 is 1.17. The zero-order chi connectivity index (χ0) is 11.8. The van der Waals surface area contributed by atoms with Crippen molar-refractivity contribution in [3.8, 4) is 0 Å². The van der Waals surface area contributed by atoms with Crippen molar-refractivity contribution in [3.63, 3.8) is 0 Å². The largest absolute Gasteiger partial charge is 0.337 e. The maximum Gasteiger partial charge on any atom is 0.255 e. The molecule has 1 aromatic carbocycles. The lowest BCUT2D eigenvalue weighted by molar-refractivity contribution is 0.0793. The summed E-state index contributed by atoms with van der Waals surface area (Å²) in [6.07, 6.45) is 0.911. The monoisotopic (exact) mass is 282 g/mol. The first-order valence-corrected chi connectivity index (χ1v) is 6.65. The van der Waals surface area contributed by atoms with Crippen LogP contribution in [0.1, 0.15) is 16.8 Å². The Morgan fingerprint density at radius 1 is 1.39 bits per heavy atom. The molecule has 0 aliphatic carbocycles. The van der Waals surface area contributed by atoms with Gasteiger partial charge in [0.2, 0.25) is 0 Å². The van der Waals surface area contributed by atoms with Gasteiger partial charge in [-0.15, -0.1) is 23.7 Å². The summed E-state index contributed by atoms with van der Waals surface area (Å²) in [6.45, 7) is 1.47. The molecule has 1 aromatic heterocycles. The molecule has 1 amide bonds. The third-order valence-corrected chi connectivity index (χ3v) is 4.19. The van der Waals surface area contributed by atoms with Crippen LogP contribution in [0.3, 0.4) is 0 Å². The average molecular weight is 283 g/mol. The summed E-state index contributed by atoms with van der Waals surface area (Å²) in [4.78, 5) is 14.2. The second kappa shape index (κ2) is 5.26. The Morgan fingerprint density at radius 2 is 2.17 bits per heavy atom. The second-order valence-electron chi connectivity index (χ2n) is 4.45. The molecule has 2 heterocycles. The normalized spacial score (nSPS) is 18.9. The van der Waals surface area contributed by atoms with Crippen LogP contribution in [-0.2, 0) is 0 Å². The topological polar surface area (TPSA) is 46.3 Å². The molecule has 0 unspecified atom stereocenters. The molecule has 1 atom stereocenters. The lowest BCUT2D eigenvalue weighted by Gasteiger charge is -2.15. The molecule has 1 saturated heterocycles. The number of nitrogens with two attached hydrogens (primary N) is 1. The van der Waals surface area contributed by atoms with E-state index in [1.807, 2.05) is 34.5 Å². The number of likely N-dealkylation sites (tertiary alicyclic amines) is 1. The second-order valence-corrected chi connectivity index (χ2v) is 5.36. The van der Waals surface area contributed by atoms with Crippen molar-refractivity contribution < 1.29 is 4.79 Å². The molecule has 0 spiro atoms. The van der Waals surface area contributed by atoms with Crippen molar-refractivity contribution in [1.29, 1.82) is 0 Å². The quantitative estimate of drug-likeness (QED) is 0.873. The van der Waals surface area contributed by atoms with E-state index in [1.165, 1.54) is 4.70 Å². The highest BCUT2D eigenvalue weighted by atomic mass is 35.5. The van der Waals surface area contributed by atoms with Gasteiger partial charge in [-0.2, -0.15) is 0 Å². The molecule has 0 radical (unpaired) electrons. The Morgan fingerprint density at radius 3 is 2.89 bits per heavy atom. The molecule has 0 bridgehead atoms. The van der Waals surface area contributed by atoms with E-state index in [9.17, 15) is 4.79 Å². The first kappa shape index (κ1) is 13.3. The van der Waals surface area contributed by atoms with Gasteiger partial charge in [0, 0.05) is 34.6 Å². The fourth-order valence-electron chi connectivity index (χ4n) is 2.29. The van der Waals surface area contributed by atoms with E-state index in [4.69, 9.17) is 5.73 Å². The molecule has 2 aromatic rings. The van der Waals surface area contributed by atoms with Crippen LogP contribution in [-0.4, -0.2) is 29.9 Å². The number of carbonyl (C=O) groups is 1. The molecule has 5 heteroatoms. The van der Waals surface area contributed by atoms with E-state index < -0.39 is 0 Å². The third-order valence-electron chi connectivity index (χ3n) is 3.22. The van der Waals surface area contributed by atoms with Gasteiger partial charge in [0.05, 0.1) is 5.56 Å². The van der Waals surface area contributed by atoms with Crippen LogP contribution in [0.25, 0.3) is 10.1 Å². The number of amides is 1. The number of nitrogens with zero attached hydrogens (tertiary/aromatic N) is 1. The Hall–Kier alpha value is -1.10. The van der Waals surface area contributed by atoms with Gasteiger partial charge in [0.1, 0.15) is 0 Å². The van der Waals surface area contributed by atoms with Gasteiger partial charge >= 0.3 is 0 Å². The molecular formula is C13H15ClN2OS. The van der Waals surface area contributed by atoms with Gasteiger partial charge in [-0.3, -0.25) is 4.79 Å². The number of thiophene rings is 1. The minimum atomic E-state index is 0. The lowest BCUT2D eigenvalue weighted by atomic mass is 10.1. The first-order valence-electron chi connectivity index (χ1n) is 5.77. The predicted molar refractivity (Wildman–Crippen MR) is 77.6 cm³/mol. The molecule has 1 aliphatic heterocycles. The number of halogens is 1. The van der Waals surface area contributed by atoms with Crippen molar-refractivity contribution in [2.45, 2.75) is 12.5 Å². The van der Waals surface area contributed by atoms with Crippen LogP contribution in [0.4, 0.5) is 0 Å². The molecule has 96 valence electrons. The predicted octanol–water partition coefficient (Wildman–Crippen LogP) is 2.50. The first-order chi connectivity index (χ1) is 8.25. The van der Waals surface area contributed by atoms with E-state index in [-0.39, 0.29) is 24.4 Å². The van der Waals surface area contributed by atoms with Crippen LogP contribution in [0.2, 0.25) is 0 Å². The van der Waals surface area contributed by atoms with Gasteiger partial charge in [0.25, 0.3) is 5.91 Å². The molecule has 1 fully saturated rings. The highest BCUT2D eigenvalue weighted by Crippen LogP contribution is 2.27. The fourth-order valence-corrected chi connectivity index (χ4v) is 3.22. The van der Waals surface area contributed by atoms with E-state index in [1.54, 1.807) is 11.3 Å². The minimum Gasteiger partial charge on any atom is -0.337 e. The molecular weight excluding hydrogens is 268 g/mol. The van der Waals surface area contributed by atoms with Crippen molar-refractivity contribution in [2.24, 2.45) is 5.73 Å². The van der Waals surface area contributed by atoms with Gasteiger partial charge in [-0.1, -0.05) is 18.2 Å². The Kier molecular flexibility index (Phi) is 3.90. The standard InChI is InChI=1S/C13H14N2OS.ClH/c14-9-5-6-15(7-9)13(16)11-8-17-12-4-2-1-3-10(11)12;/h1-4,8-9H,5-7,14H2;1H/t9-;/m1./s1. The summed E-state index contributed by atoms with van der Waals surface area (Å²) in [7, 11) is 0. The summed E-state index contributed by atoms with van der Waals surface area (Å²) in [6, 6.07) is 8.17. The SMILES string of the molecule is Cl.N[C@@H]1CCN(C(=O)c2csc3ccccc23)C1. The smallest absolute Gasteiger partial charge is 0.255 e. The van der Waals surface area contributed by atoms with Crippen molar-refractivity contribution in [1.82, 2.24) is 4.90 Å². The molecule has 3 nitrogen and oxygen atoms in total. The number of benzene rings is 1. The third kappa shape index (κ3) is 2.23. The number of hydrogen-bond acceptors (Lipinski definition) is 3. The highest BCUT2D eigenvalue weighted by molar-refractivity contribution is 7.17. The molecule has 2 N–H and O–H groups in total. The maximum absolute atomic E-state index is 12.3. The van der Waals surface area contributed by atoms with Crippen LogP contribution in [0.15, 0.2) is 29.6 Å². The van der Waals surface area contributed by atoms with Crippen LogP contribution in [0, 0.1) is 0 Å². The van der Waals surface area contributed by atoms with Crippen molar-refractivity contribution in [2.75, 3.05) is 13.1 Å². The number of fused-ring (bicyclic) bond motifs is 1. The van der Waals surface area contributed by atoms with Gasteiger partial charge in [-0.25, -0.2) is 0 Å². The fraction of sp³-hybridized carbons (Fsp3) is 0.308.